The summed E-state index contributed by atoms with van der Waals surface area (Å²) < 4.78 is 2.67. The van der Waals surface area contributed by atoms with Gasteiger partial charge in [-0.05, 0) is 46.2 Å². The lowest BCUT2D eigenvalue weighted by Crippen LogP contribution is -2.33. The van der Waals surface area contributed by atoms with Crippen LogP contribution in [0.5, 0.6) is 0 Å². The van der Waals surface area contributed by atoms with Gasteiger partial charge in [-0.2, -0.15) is 9.83 Å². The van der Waals surface area contributed by atoms with Gasteiger partial charge in [0.2, 0.25) is 5.52 Å². The van der Waals surface area contributed by atoms with Crippen molar-refractivity contribution >= 4 is 16.7 Å². The average Bonchev–Trinajstić information content (AvgIpc) is 2.82. The molecule has 0 N–H and O–H groups in total. The van der Waals surface area contributed by atoms with Crippen molar-refractivity contribution in [2.24, 2.45) is 7.05 Å². The van der Waals surface area contributed by atoms with Crippen molar-refractivity contribution in [2.45, 2.75) is 41.5 Å². The third-order valence-corrected chi connectivity index (χ3v) is 5.35. The van der Waals surface area contributed by atoms with E-state index in [-0.39, 0.29) is 5.78 Å². The molecule has 25 heavy (non-hydrogen) atoms. The highest BCUT2D eigenvalue weighted by Crippen LogP contribution is 2.29. The summed E-state index contributed by atoms with van der Waals surface area (Å²) in [5.74, 6) is -0.0838. The summed E-state index contributed by atoms with van der Waals surface area (Å²) in [4.78, 5) is 13.3. The van der Waals surface area contributed by atoms with Crippen LogP contribution in [-0.2, 0) is 7.05 Å². The van der Waals surface area contributed by atoms with Crippen molar-refractivity contribution in [1.82, 2.24) is 9.78 Å². The highest BCUT2D eigenvalue weighted by Gasteiger charge is 2.26. The molecule has 130 valence electrons. The first-order valence-electron chi connectivity index (χ1n) is 8.34. The van der Waals surface area contributed by atoms with E-state index in [4.69, 9.17) is 0 Å². The molecule has 2 aromatic heterocycles. The molecule has 5 heteroatoms. The standard InChI is InChI=1S/C20H23N3O2/c1-10-8-9-16(20(24)18-13(4)21-22(7)15(18)6)17-12(3)11(2)14(5)23(25)19(10)17/h8-9H,1-7H3. The second kappa shape index (κ2) is 5.69. The van der Waals surface area contributed by atoms with Crippen molar-refractivity contribution in [2.75, 3.05) is 0 Å². The Kier molecular flexibility index (Phi) is 3.90. The molecule has 0 unspecified atom stereocenters. The number of fused-ring (bicyclic) bond motifs is 1. The van der Waals surface area contributed by atoms with Crippen LogP contribution in [0.15, 0.2) is 12.1 Å². The summed E-state index contributed by atoms with van der Waals surface area (Å²) >= 11 is 0. The number of aryl methyl sites for hydroxylation is 4. The van der Waals surface area contributed by atoms with Crippen LogP contribution in [0.1, 0.15) is 49.7 Å². The molecule has 0 saturated heterocycles. The van der Waals surface area contributed by atoms with Crippen molar-refractivity contribution < 1.29 is 9.52 Å². The maximum Gasteiger partial charge on any atom is 0.227 e. The highest BCUT2D eigenvalue weighted by atomic mass is 16.5. The average molecular weight is 337 g/mol. The fourth-order valence-corrected chi connectivity index (χ4v) is 3.54. The van der Waals surface area contributed by atoms with Gasteiger partial charge in [-0.1, -0.05) is 6.07 Å². The van der Waals surface area contributed by atoms with Crippen molar-refractivity contribution in [3.63, 3.8) is 0 Å². The Bertz CT molecular complexity index is 1050. The summed E-state index contributed by atoms with van der Waals surface area (Å²) in [7, 11) is 1.83. The van der Waals surface area contributed by atoms with Crippen LogP contribution in [0, 0.1) is 46.7 Å². The molecule has 0 fully saturated rings. The first-order valence-corrected chi connectivity index (χ1v) is 8.34. The van der Waals surface area contributed by atoms with Gasteiger partial charge in [-0.3, -0.25) is 9.48 Å². The van der Waals surface area contributed by atoms with Gasteiger partial charge in [0.15, 0.2) is 11.5 Å². The van der Waals surface area contributed by atoms with E-state index in [1.54, 1.807) is 4.68 Å². The highest BCUT2D eigenvalue weighted by molar-refractivity contribution is 6.17. The van der Waals surface area contributed by atoms with Gasteiger partial charge in [0.25, 0.3) is 0 Å². The molecule has 0 aliphatic carbocycles. The van der Waals surface area contributed by atoms with Gasteiger partial charge in [-0.25, -0.2) is 0 Å². The lowest BCUT2D eigenvalue weighted by atomic mass is 9.92. The first-order chi connectivity index (χ1) is 11.7. The first kappa shape index (κ1) is 17.1. The van der Waals surface area contributed by atoms with E-state index in [2.05, 4.69) is 5.10 Å². The number of carbonyl (C=O) groups is 1. The van der Waals surface area contributed by atoms with Gasteiger partial charge >= 0.3 is 0 Å². The molecule has 0 aliphatic rings. The van der Waals surface area contributed by atoms with Crippen LogP contribution in [0.2, 0.25) is 0 Å². The van der Waals surface area contributed by atoms with Crippen LogP contribution in [0.3, 0.4) is 0 Å². The number of hydrogen-bond donors (Lipinski definition) is 0. The summed E-state index contributed by atoms with van der Waals surface area (Å²) in [6.45, 7) is 11.4. The third kappa shape index (κ3) is 2.34. The molecule has 0 aliphatic heterocycles. The minimum absolute atomic E-state index is 0.0838. The molecule has 0 saturated carbocycles. The summed E-state index contributed by atoms with van der Waals surface area (Å²) in [5, 5.41) is 17.9. The Labute approximate surface area is 147 Å². The maximum absolute atomic E-state index is 13.3. The summed E-state index contributed by atoms with van der Waals surface area (Å²) in [5.41, 5.74) is 6.72. The number of aromatic nitrogens is 3. The van der Waals surface area contributed by atoms with Crippen LogP contribution in [0.25, 0.3) is 10.9 Å². The van der Waals surface area contributed by atoms with E-state index in [9.17, 15) is 10.0 Å². The Balaban J connectivity index is 2.42. The number of rotatable bonds is 2. The number of benzene rings is 1. The van der Waals surface area contributed by atoms with E-state index in [0.29, 0.717) is 28.0 Å². The lowest BCUT2D eigenvalue weighted by Gasteiger charge is -2.15. The molecule has 5 nitrogen and oxygen atoms in total. The van der Waals surface area contributed by atoms with E-state index in [0.717, 1.165) is 32.5 Å². The normalized spacial score (nSPS) is 11.3. The van der Waals surface area contributed by atoms with E-state index in [1.807, 2.05) is 60.7 Å². The minimum Gasteiger partial charge on any atom is -0.618 e. The van der Waals surface area contributed by atoms with Crippen LogP contribution in [-0.4, -0.2) is 15.6 Å². The second-order valence-electron chi connectivity index (χ2n) is 6.78. The largest absolute Gasteiger partial charge is 0.618 e. The van der Waals surface area contributed by atoms with Crippen molar-refractivity contribution in [3.05, 3.63) is 62.2 Å². The van der Waals surface area contributed by atoms with E-state index >= 15 is 0 Å². The van der Waals surface area contributed by atoms with Crippen molar-refractivity contribution in [1.29, 1.82) is 0 Å². The molecule has 2 heterocycles. The third-order valence-electron chi connectivity index (χ3n) is 5.35. The molecule has 0 amide bonds. The number of pyridine rings is 1. The maximum atomic E-state index is 13.3. The Morgan fingerprint density at radius 3 is 2.28 bits per heavy atom. The Morgan fingerprint density at radius 1 is 1.08 bits per heavy atom. The molecular formula is C20H23N3O2. The number of nitrogens with zero attached hydrogens (tertiary/aromatic N) is 3. The van der Waals surface area contributed by atoms with Gasteiger partial charge < -0.3 is 5.21 Å². The number of carbonyl (C=O) groups excluding carboxylic acids is 1. The van der Waals surface area contributed by atoms with Crippen LogP contribution >= 0.6 is 0 Å². The predicted octanol–water partition coefficient (Wildman–Crippen LogP) is 3.29. The Morgan fingerprint density at radius 2 is 1.72 bits per heavy atom. The van der Waals surface area contributed by atoms with Crippen LogP contribution < -0.4 is 4.73 Å². The van der Waals surface area contributed by atoms with Crippen molar-refractivity contribution in [3.8, 4) is 0 Å². The smallest absolute Gasteiger partial charge is 0.227 e. The molecule has 0 spiro atoms. The SMILES string of the molecule is Cc1nn(C)c(C)c1C(=O)c1ccc(C)c2c1c(C)c(C)c(C)[n+]2[O-]. The lowest BCUT2D eigenvalue weighted by molar-refractivity contribution is -0.584. The fraction of sp³-hybridized carbons (Fsp3) is 0.350. The molecule has 3 aromatic rings. The van der Waals surface area contributed by atoms with Gasteiger partial charge in [0.05, 0.1) is 16.6 Å². The quantitative estimate of drug-likeness (QED) is 0.409. The molecule has 3 rings (SSSR count). The predicted molar refractivity (Wildman–Crippen MR) is 98.0 cm³/mol. The minimum atomic E-state index is -0.0838. The zero-order chi connectivity index (χ0) is 18.6. The zero-order valence-electron chi connectivity index (χ0n) is 15.8. The van der Waals surface area contributed by atoms with E-state index < -0.39 is 0 Å². The second-order valence-corrected chi connectivity index (χ2v) is 6.78. The Hall–Kier alpha value is -2.69. The van der Waals surface area contributed by atoms with Gasteiger partial charge in [0.1, 0.15) is 0 Å². The molecule has 0 atom stereocenters. The topological polar surface area (TPSA) is 61.8 Å². The molecule has 0 radical (unpaired) electrons. The van der Waals surface area contributed by atoms with E-state index in [1.165, 1.54) is 0 Å². The summed E-state index contributed by atoms with van der Waals surface area (Å²) in [6, 6.07) is 3.67. The summed E-state index contributed by atoms with van der Waals surface area (Å²) in [6.07, 6.45) is 0. The molecule has 1 aromatic carbocycles. The number of hydrogen-bond acceptors (Lipinski definition) is 3. The monoisotopic (exact) mass is 337 g/mol. The van der Waals surface area contributed by atoms with Gasteiger partial charge in [-0.15, -0.1) is 0 Å². The fourth-order valence-electron chi connectivity index (χ4n) is 3.54. The van der Waals surface area contributed by atoms with Gasteiger partial charge in [0, 0.05) is 36.4 Å². The zero-order valence-corrected chi connectivity index (χ0v) is 15.8. The molecular weight excluding hydrogens is 314 g/mol. The number of ketones is 1. The van der Waals surface area contributed by atoms with Crippen LogP contribution in [0.4, 0.5) is 0 Å². The molecule has 0 bridgehead atoms.